The van der Waals surface area contributed by atoms with Crippen molar-refractivity contribution in [3.05, 3.63) is 54.1 Å². The van der Waals surface area contributed by atoms with Crippen LogP contribution in [0.15, 0.2) is 48.5 Å². The quantitative estimate of drug-likeness (QED) is 0.540. The van der Waals surface area contributed by atoms with Crippen molar-refractivity contribution in [3.8, 4) is 5.75 Å². The first-order valence-electron chi connectivity index (χ1n) is 10.8. The number of nitrogens with one attached hydrogen (secondary N) is 3. The van der Waals surface area contributed by atoms with Gasteiger partial charge in [0.2, 0.25) is 5.91 Å². The number of hydrogen-bond acceptors (Lipinski definition) is 5. The summed E-state index contributed by atoms with van der Waals surface area (Å²) in [7, 11) is 0. The standard InChI is InChI=1S/C24H31N3O4/c1-17(2)16-31-21-6-3-5-20(13-21)25-15-23(28)27-19-10-8-18(9-11-19)24(29)26-14-22-7-4-12-30-22/h3,5-6,8-11,13,17,22,25H,4,7,12,14-16H2,1-2H3,(H,26,29)(H,27,28). The Morgan fingerprint density at radius 1 is 1.13 bits per heavy atom. The number of hydrogen-bond donors (Lipinski definition) is 3. The molecular weight excluding hydrogens is 394 g/mol. The summed E-state index contributed by atoms with van der Waals surface area (Å²) < 4.78 is 11.2. The molecule has 0 aromatic heterocycles. The lowest BCUT2D eigenvalue weighted by Gasteiger charge is -2.12. The Bertz CT molecular complexity index is 861. The highest BCUT2D eigenvalue weighted by molar-refractivity contribution is 5.96. The summed E-state index contributed by atoms with van der Waals surface area (Å²) in [4.78, 5) is 24.5. The zero-order valence-corrected chi connectivity index (χ0v) is 18.1. The van der Waals surface area contributed by atoms with Gasteiger partial charge in [0.15, 0.2) is 0 Å². The fourth-order valence-electron chi connectivity index (χ4n) is 3.17. The molecule has 7 heteroatoms. The fourth-order valence-corrected chi connectivity index (χ4v) is 3.17. The Labute approximate surface area is 183 Å². The molecule has 3 N–H and O–H groups in total. The van der Waals surface area contributed by atoms with E-state index in [2.05, 4.69) is 29.8 Å². The monoisotopic (exact) mass is 425 g/mol. The summed E-state index contributed by atoms with van der Waals surface area (Å²) in [5, 5.41) is 8.81. The van der Waals surface area contributed by atoms with Crippen molar-refractivity contribution < 1.29 is 19.1 Å². The first-order chi connectivity index (χ1) is 15.0. The van der Waals surface area contributed by atoms with Crippen LogP contribution in [0.4, 0.5) is 11.4 Å². The van der Waals surface area contributed by atoms with Crippen LogP contribution in [0.2, 0.25) is 0 Å². The maximum absolute atomic E-state index is 12.3. The SMILES string of the molecule is CC(C)COc1cccc(NCC(=O)Nc2ccc(C(=O)NCC3CCCO3)cc2)c1. The maximum atomic E-state index is 12.3. The van der Waals surface area contributed by atoms with Crippen LogP contribution in [0.1, 0.15) is 37.0 Å². The molecule has 31 heavy (non-hydrogen) atoms. The van der Waals surface area contributed by atoms with Crippen LogP contribution in [0, 0.1) is 5.92 Å². The molecule has 0 spiro atoms. The molecule has 2 aromatic carbocycles. The third kappa shape index (κ3) is 7.61. The van der Waals surface area contributed by atoms with E-state index in [4.69, 9.17) is 9.47 Å². The van der Waals surface area contributed by atoms with Gasteiger partial charge in [-0.25, -0.2) is 0 Å². The summed E-state index contributed by atoms with van der Waals surface area (Å²) in [5.74, 6) is 0.896. The van der Waals surface area contributed by atoms with Crippen LogP contribution >= 0.6 is 0 Å². The van der Waals surface area contributed by atoms with E-state index in [1.165, 1.54) is 0 Å². The van der Waals surface area contributed by atoms with Crippen LogP contribution < -0.4 is 20.7 Å². The molecular formula is C24H31N3O4. The van der Waals surface area contributed by atoms with E-state index in [9.17, 15) is 9.59 Å². The average molecular weight is 426 g/mol. The lowest BCUT2D eigenvalue weighted by Crippen LogP contribution is -2.31. The van der Waals surface area contributed by atoms with Crippen LogP contribution in [-0.4, -0.2) is 44.2 Å². The molecule has 1 fully saturated rings. The van der Waals surface area contributed by atoms with Crippen molar-refractivity contribution in [2.75, 3.05) is 36.9 Å². The highest BCUT2D eigenvalue weighted by Crippen LogP contribution is 2.18. The second-order valence-corrected chi connectivity index (χ2v) is 8.06. The Kier molecular flexibility index (Phi) is 8.29. The van der Waals surface area contributed by atoms with Crippen LogP contribution in [0.5, 0.6) is 5.75 Å². The van der Waals surface area contributed by atoms with E-state index in [1.807, 2.05) is 24.3 Å². The van der Waals surface area contributed by atoms with Gasteiger partial charge in [-0.1, -0.05) is 19.9 Å². The fraction of sp³-hybridized carbons (Fsp3) is 0.417. The van der Waals surface area contributed by atoms with Gasteiger partial charge in [0, 0.05) is 36.2 Å². The minimum absolute atomic E-state index is 0.109. The first kappa shape index (κ1) is 22.6. The van der Waals surface area contributed by atoms with Crippen molar-refractivity contribution in [2.24, 2.45) is 5.92 Å². The molecule has 0 saturated carbocycles. The van der Waals surface area contributed by atoms with E-state index in [-0.39, 0.29) is 24.5 Å². The molecule has 166 valence electrons. The zero-order chi connectivity index (χ0) is 22.1. The normalized spacial score (nSPS) is 15.5. The van der Waals surface area contributed by atoms with Gasteiger partial charge in [-0.2, -0.15) is 0 Å². The molecule has 0 aliphatic carbocycles. The van der Waals surface area contributed by atoms with Crippen LogP contribution in [-0.2, 0) is 9.53 Å². The summed E-state index contributed by atoms with van der Waals surface area (Å²) >= 11 is 0. The minimum atomic E-state index is -0.177. The third-order valence-corrected chi connectivity index (χ3v) is 4.82. The van der Waals surface area contributed by atoms with Gasteiger partial charge in [0.1, 0.15) is 5.75 Å². The van der Waals surface area contributed by atoms with Crippen molar-refractivity contribution >= 4 is 23.2 Å². The average Bonchev–Trinajstić information content (AvgIpc) is 3.29. The number of carbonyl (C=O) groups excluding carboxylic acids is 2. The largest absolute Gasteiger partial charge is 0.493 e. The van der Waals surface area contributed by atoms with Crippen molar-refractivity contribution in [2.45, 2.75) is 32.8 Å². The zero-order valence-electron chi connectivity index (χ0n) is 18.1. The summed E-state index contributed by atoms with van der Waals surface area (Å²) in [6.45, 7) is 6.24. The first-order valence-corrected chi connectivity index (χ1v) is 10.8. The van der Waals surface area contributed by atoms with Gasteiger partial charge >= 0.3 is 0 Å². The Morgan fingerprint density at radius 2 is 1.94 bits per heavy atom. The number of amides is 2. The van der Waals surface area contributed by atoms with Gasteiger partial charge in [-0.15, -0.1) is 0 Å². The van der Waals surface area contributed by atoms with Gasteiger partial charge < -0.3 is 25.4 Å². The number of anilines is 2. The van der Waals surface area contributed by atoms with Crippen molar-refractivity contribution in [1.29, 1.82) is 0 Å². The predicted molar refractivity (Wildman–Crippen MR) is 122 cm³/mol. The van der Waals surface area contributed by atoms with E-state index >= 15 is 0 Å². The Balaban J connectivity index is 1.43. The summed E-state index contributed by atoms with van der Waals surface area (Å²) in [5.41, 5.74) is 2.00. The summed E-state index contributed by atoms with van der Waals surface area (Å²) in [6.07, 6.45) is 2.13. The molecule has 2 amide bonds. The second-order valence-electron chi connectivity index (χ2n) is 8.06. The van der Waals surface area contributed by atoms with Gasteiger partial charge in [0.05, 0.1) is 19.3 Å². The molecule has 0 radical (unpaired) electrons. The highest BCUT2D eigenvalue weighted by Gasteiger charge is 2.16. The third-order valence-electron chi connectivity index (χ3n) is 4.82. The molecule has 1 saturated heterocycles. The van der Waals surface area contributed by atoms with Crippen LogP contribution in [0.25, 0.3) is 0 Å². The van der Waals surface area contributed by atoms with Gasteiger partial charge in [-0.3, -0.25) is 9.59 Å². The molecule has 2 aromatic rings. The molecule has 1 heterocycles. The van der Waals surface area contributed by atoms with E-state index in [1.54, 1.807) is 24.3 Å². The molecule has 3 rings (SSSR count). The van der Waals surface area contributed by atoms with Gasteiger partial charge in [0.25, 0.3) is 5.91 Å². The predicted octanol–water partition coefficient (Wildman–Crippen LogP) is 3.68. The van der Waals surface area contributed by atoms with Gasteiger partial charge in [-0.05, 0) is 55.2 Å². The highest BCUT2D eigenvalue weighted by atomic mass is 16.5. The van der Waals surface area contributed by atoms with E-state index in [0.29, 0.717) is 30.3 Å². The van der Waals surface area contributed by atoms with E-state index < -0.39 is 0 Å². The Morgan fingerprint density at radius 3 is 2.65 bits per heavy atom. The molecule has 1 atom stereocenters. The number of carbonyl (C=O) groups is 2. The van der Waals surface area contributed by atoms with Crippen molar-refractivity contribution in [3.63, 3.8) is 0 Å². The lowest BCUT2D eigenvalue weighted by atomic mass is 10.2. The molecule has 1 aliphatic rings. The topological polar surface area (TPSA) is 88.7 Å². The second kappa shape index (κ2) is 11.4. The maximum Gasteiger partial charge on any atom is 0.251 e. The number of ether oxygens (including phenoxy) is 2. The number of rotatable bonds is 10. The smallest absolute Gasteiger partial charge is 0.251 e. The lowest BCUT2D eigenvalue weighted by molar-refractivity contribution is -0.114. The summed E-state index contributed by atoms with van der Waals surface area (Å²) in [6, 6.07) is 14.4. The molecule has 7 nitrogen and oxygen atoms in total. The number of benzene rings is 2. The van der Waals surface area contributed by atoms with E-state index in [0.717, 1.165) is 30.9 Å². The molecule has 1 aliphatic heterocycles. The minimum Gasteiger partial charge on any atom is -0.493 e. The van der Waals surface area contributed by atoms with Crippen LogP contribution in [0.3, 0.4) is 0 Å². The molecule has 0 bridgehead atoms. The molecule has 1 unspecified atom stereocenters. The Hall–Kier alpha value is -3.06. The van der Waals surface area contributed by atoms with Crippen molar-refractivity contribution in [1.82, 2.24) is 5.32 Å².